The maximum absolute atomic E-state index is 11.6. The van der Waals surface area contributed by atoms with E-state index in [1.165, 1.54) is 11.3 Å². The first-order chi connectivity index (χ1) is 8.15. The Bertz CT molecular complexity index is 518. The molecule has 2 heterocycles. The smallest absolute Gasteiger partial charge is 0.270 e. The van der Waals surface area contributed by atoms with Gasteiger partial charge in [0.1, 0.15) is 5.69 Å². The van der Waals surface area contributed by atoms with E-state index in [0.29, 0.717) is 23.8 Å². The average molecular weight is 251 g/mol. The molecule has 0 saturated heterocycles. The fraction of sp³-hybridized carbons (Fsp3) is 0.300. The molecule has 2 aromatic heterocycles. The van der Waals surface area contributed by atoms with Gasteiger partial charge in [-0.2, -0.15) is 5.10 Å². The fourth-order valence-corrected chi connectivity index (χ4v) is 1.93. The summed E-state index contributed by atoms with van der Waals surface area (Å²) in [5, 5.41) is 9.03. The van der Waals surface area contributed by atoms with Crippen LogP contribution in [0, 0.1) is 0 Å². The zero-order valence-electron chi connectivity index (χ0n) is 9.38. The predicted octanol–water partition coefficient (Wildman–Crippen LogP) is 0.431. The van der Waals surface area contributed by atoms with Crippen LogP contribution in [-0.2, 0) is 13.5 Å². The van der Waals surface area contributed by atoms with Gasteiger partial charge in [-0.05, 0) is 6.07 Å². The van der Waals surface area contributed by atoms with Gasteiger partial charge >= 0.3 is 0 Å². The Kier molecular flexibility index (Phi) is 3.38. The zero-order valence-corrected chi connectivity index (χ0v) is 10.2. The van der Waals surface area contributed by atoms with E-state index in [4.69, 9.17) is 5.73 Å². The molecule has 6 nitrogen and oxygen atoms in total. The number of anilines is 1. The van der Waals surface area contributed by atoms with Crippen molar-refractivity contribution < 1.29 is 4.79 Å². The van der Waals surface area contributed by atoms with E-state index in [-0.39, 0.29) is 5.91 Å². The van der Waals surface area contributed by atoms with Gasteiger partial charge in [0.25, 0.3) is 5.91 Å². The molecule has 7 heteroatoms. The number of hydrogen-bond acceptors (Lipinski definition) is 5. The minimum Gasteiger partial charge on any atom is -0.375 e. The number of thiazole rings is 1. The Morgan fingerprint density at radius 3 is 3.06 bits per heavy atom. The molecule has 1 amide bonds. The van der Waals surface area contributed by atoms with Crippen LogP contribution in [0.2, 0.25) is 0 Å². The van der Waals surface area contributed by atoms with Crippen LogP contribution >= 0.6 is 11.3 Å². The lowest BCUT2D eigenvalue weighted by molar-refractivity contribution is 0.0950. The van der Waals surface area contributed by atoms with Gasteiger partial charge in [0, 0.05) is 31.6 Å². The number of carbonyl (C=O) groups is 1. The molecule has 0 bridgehead atoms. The zero-order chi connectivity index (χ0) is 12.3. The number of aromatic nitrogens is 3. The predicted molar refractivity (Wildman–Crippen MR) is 65.8 cm³/mol. The molecule has 3 N–H and O–H groups in total. The number of amides is 1. The van der Waals surface area contributed by atoms with Gasteiger partial charge in [0.2, 0.25) is 0 Å². The molecular formula is C10H13N5OS. The molecule has 2 rings (SSSR count). The maximum atomic E-state index is 11.6. The summed E-state index contributed by atoms with van der Waals surface area (Å²) in [4.78, 5) is 15.5. The number of nitrogen functional groups attached to an aromatic ring is 1. The molecule has 0 radical (unpaired) electrons. The van der Waals surface area contributed by atoms with Gasteiger partial charge in [-0.15, -0.1) is 11.3 Å². The summed E-state index contributed by atoms with van der Waals surface area (Å²) in [5.41, 5.74) is 6.77. The van der Waals surface area contributed by atoms with E-state index in [0.717, 1.165) is 5.69 Å². The second kappa shape index (κ2) is 4.96. The molecule has 0 atom stereocenters. The lowest BCUT2D eigenvalue weighted by Gasteiger charge is -2.00. The highest BCUT2D eigenvalue weighted by Gasteiger charge is 2.08. The summed E-state index contributed by atoms with van der Waals surface area (Å²) >= 11 is 1.26. The molecule has 0 aliphatic carbocycles. The van der Waals surface area contributed by atoms with Crippen LogP contribution in [-0.4, -0.2) is 27.2 Å². The maximum Gasteiger partial charge on any atom is 0.270 e. The SMILES string of the molecule is Cn1ccc(CCNC(=O)c2csc(N)n2)n1. The minimum absolute atomic E-state index is 0.200. The van der Waals surface area contributed by atoms with Crippen LogP contribution < -0.4 is 11.1 Å². The Hall–Kier alpha value is -1.89. The molecule has 0 spiro atoms. The van der Waals surface area contributed by atoms with Crippen molar-refractivity contribution in [1.82, 2.24) is 20.1 Å². The molecule has 90 valence electrons. The summed E-state index contributed by atoms with van der Waals surface area (Å²) in [6.07, 6.45) is 2.57. The first kappa shape index (κ1) is 11.6. The van der Waals surface area contributed by atoms with Crippen LogP contribution in [0.3, 0.4) is 0 Å². The van der Waals surface area contributed by atoms with Crippen molar-refractivity contribution >= 4 is 22.4 Å². The van der Waals surface area contributed by atoms with Gasteiger partial charge < -0.3 is 11.1 Å². The van der Waals surface area contributed by atoms with Crippen molar-refractivity contribution in [3.63, 3.8) is 0 Å². The second-order valence-corrected chi connectivity index (χ2v) is 4.45. The molecule has 0 aliphatic rings. The number of nitrogens with one attached hydrogen (secondary N) is 1. The van der Waals surface area contributed by atoms with Crippen LogP contribution in [0.5, 0.6) is 0 Å². The van der Waals surface area contributed by atoms with E-state index in [1.807, 2.05) is 19.3 Å². The number of nitrogens with two attached hydrogens (primary N) is 1. The van der Waals surface area contributed by atoms with Crippen LogP contribution in [0.25, 0.3) is 0 Å². The first-order valence-corrected chi connectivity index (χ1v) is 6.01. The molecular weight excluding hydrogens is 238 g/mol. The highest BCUT2D eigenvalue weighted by molar-refractivity contribution is 7.13. The van der Waals surface area contributed by atoms with Crippen molar-refractivity contribution in [2.45, 2.75) is 6.42 Å². The van der Waals surface area contributed by atoms with Crippen molar-refractivity contribution in [3.8, 4) is 0 Å². The van der Waals surface area contributed by atoms with Gasteiger partial charge in [-0.1, -0.05) is 0 Å². The van der Waals surface area contributed by atoms with E-state index in [9.17, 15) is 4.79 Å². The summed E-state index contributed by atoms with van der Waals surface area (Å²) in [6.45, 7) is 0.535. The van der Waals surface area contributed by atoms with Crippen molar-refractivity contribution in [2.24, 2.45) is 7.05 Å². The normalized spacial score (nSPS) is 10.4. The lowest BCUT2D eigenvalue weighted by atomic mass is 10.3. The van der Waals surface area contributed by atoms with Crippen LogP contribution in [0.1, 0.15) is 16.2 Å². The quantitative estimate of drug-likeness (QED) is 0.825. The highest BCUT2D eigenvalue weighted by Crippen LogP contribution is 2.10. The minimum atomic E-state index is -0.200. The number of hydrogen-bond donors (Lipinski definition) is 2. The van der Waals surface area contributed by atoms with E-state index >= 15 is 0 Å². The van der Waals surface area contributed by atoms with Crippen molar-refractivity contribution in [1.29, 1.82) is 0 Å². The third-order valence-electron chi connectivity index (χ3n) is 2.19. The lowest BCUT2D eigenvalue weighted by Crippen LogP contribution is -2.26. The number of rotatable bonds is 4. The topological polar surface area (TPSA) is 85.8 Å². The van der Waals surface area contributed by atoms with Gasteiger partial charge in [0.15, 0.2) is 5.13 Å². The molecule has 17 heavy (non-hydrogen) atoms. The van der Waals surface area contributed by atoms with Crippen LogP contribution in [0.15, 0.2) is 17.6 Å². The van der Waals surface area contributed by atoms with E-state index < -0.39 is 0 Å². The van der Waals surface area contributed by atoms with Gasteiger partial charge in [-0.3, -0.25) is 9.48 Å². The van der Waals surface area contributed by atoms with E-state index in [2.05, 4.69) is 15.4 Å². The number of nitrogens with zero attached hydrogens (tertiary/aromatic N) is 3. The summed E-state index contributed by atoms with van der Waals surface area (Å²) in [6, 6.07) is 1.92. The molecule has 0 unspecified atom stereocenters. The Morgan fingerprint density at radius 1 is 1.65 bits per heavy atom. The van der Waals surface area contributed by atoms with Gasteiger partial charge in [0.05, 0.1) is 5.69 Å². The molecule has 0 fully saturated rings. The number of carbonyl (C=O) groups excluding carboxylic acids is 1. The Labute approximate surface area is 102 Å². The molecule has 0 aromatic carbocycles. The average Bonchev–Trinajstić information content (AvgIpc) is 2.88. The first-order valence-electron chi connectivity index (χ1n) is 5.13. The Morgan fingerprint density at radius 2 is 2.47 bits per heavy atom. The third-order valence-corrected chi connectivity index (χ3v) is 2.86. The third kappa shape index (κ3) is 3.04. The monoisotopic (exact) mass is 251 g/mol. The van der Waals surface area contributed by atoms with E-state index in [1.54, 1.807) is 10.1 Å². The summed E-state index contributed by atoms with van der Waals surface area (Å²) < 4.78 is 1.73. The second-order valence-electron chi connectivity index (χ2n) is 3.56. The standard InChI is InChI=1S/C10H13N5OS/c1-15-5-3-7(14-15)2-4-12-9(16)8-6-17-10(11)13-8/h3,5-6H,2,4H2,1H3,(H2,11,13)(H,12,16). The van der Waals surface area contributed by atoms with Crippen LogP contribution in [0.4, 0.5) is 5.13 Å². The van der Waals surface area contributed by atoms with Crippen molar-refractivity contribution in [3.05, 3.63) is 29.0 Å². The molecule has 2 aromatic rings. The Balaban J connectivity index is 1.81. The molecule has 0 saturated carbocycles. The largest absolute Gasteiger partial charge is 0.375 e. The highest BCUT2D eigenvalue weighted by atomic mass is 32.1. The molecule has 0 aliphatic heterocycles. The van der Waals surface area contributed by atoms with Gasteiger partial charge in [-0.25, -0.2) is 4.98 Å². The fourth-order valence-electron chi connectivity index (χ4n) is 1.38. The number of aryl methyl sites for hydroxylation is 1. The summed E-state index contributed by atoms with van der Waals surface area (Å²) in [7, 11) is 1.86. The van der Waals surface area contributed by atoms with Crippen molar-refractivity contribution in [2.75, 3.05) is 12.3 Å². The summed E-state index contributed by atoms with van der Waals surface area (Å²) in [5.74, 6) is -0.200.